The predicted molar refractivity (Wildman–Crippen MR) is 106 cm³/mol. The topological polar surface area (TPSA) is 57.7 Å². The van der Waals surface area contributed by atoms with Gasteiger partial charge in [-0.25, -0.2) is 4.98 Å². The Hall–Kier alpha value is -1.37. The van der Waals surface area contributed by atoms with Crippen LogP contribution in [0.3, 0.4) is 0 Å². The van der Waals surface area contributed by atoms with Gasteiger partial charge < -0.3 is 19.9 Å². The molecule has 1 aromatic heterocycles. The van der Waals surface area contributed by atoms with Crippen LogP contribution in [0.2, 0.25) is 5.02 Å². The molecule has 0 aromatic carbocycles. The van der Waals surface area contributed by atoms with Crippen LogP contribution >= 0.6 is 11.6 Å². The molecule has 3 heterocycles. The molecular formula is C20H29ClN4O2. The Balaban J connectivity index is 1.23. The summed E-state index contributed by atoms with van der Waals surface area (Å²) in [6.07, 6.45) is 6.91. The molecule has 6 nitrogen and oxygen atoms in total. The number of likely N-dealkylation sites (tertiary alicyclic amines) is 1. The van der Waals surface area contributed by atoms with Crippen LogP contribution < -0.4 is 5.32 Å². The number of morpholine rings is 1. The van der Waals surface area contributed by atoms with Crippen molar-refractivity contribution in [2.75, 3.05) is 51.2 Å². The lowest BCUT2D eigenvalue weighted by Gasteiger charge is -2.38. The summed E-state index contributed by atoms with van der Waals surface area (Å²) < 4.78 is 5.71. The molecule has 1 aromatic rings. The zero-order valence-corrected chi connectivity index (χ0v) is 16.5. The van der Waals surface area contributed by atoms with Crippen LogP contribution in [-0.2, 0) is 9.53 Å². The lowest BCUT2D eigenvalue weighted by atomic mass is 9.95. The summed E-state index contributed by atoms with van der Waals surface area (Å²) in [6.45, 7) is 5.92. The van der Waals surface area contributed by atoms with Gasteiger partial charge in [-0.15, -0.1) is 0 Å². The number of anilines is 1. The molecule has 4 rings (SSSR count). The van der Waals surface area contributed by atoms with E-state index < -0.39 is 0 Å². The highest BCUT2D eigenvalue weighted by Crippen LogP contribution is 2.31. The third kappa shape index (κ3) is 5.33. The number of halogens is 1. The van der Waals surface area contributed by atoms with Crippen LogP contribution in [0.4, 0.5) is 5.82 Å². The number of aromatic nitrogens is 1. The fourth-order valence-electron chi connectivity index (χ4n) is 4.04. The standard InChI is InChI=1S/C20H29ClN4O2/c21-18-2-1-7-22-20(18)23-10-17-13-25(19(26)14-27-17)12-16-5-8-24(9-6-16)11-15-3-4-15/h1-2,7,15-17H,3-6,8-14H2,(H,22,23)/t17-/m1/s1. The van der Waals surface area contributed by atoms with E-state index in [-0.39, 0.29) is 18.6 Å². The molecule has 1 aliphatic carbocycles. The Bertz CT molecular complexity index is 647. The lowest BCUT2D eigenvalue weighted by Crippen LogP contribution is -2.51. The first-order valence-corrected chi connectivity index (χ1v) is 10.5. The van der Waals surface area contributed by atoms with E-state index in [2.05, 4.69) is 15.2 Å². The highest BCUT2D eigenvalue weighted by atomic mass is 35.5. The van der Waals surface area contributed by atoms with Crippen LogP contribution in [0, 0.1) is 11.8 Å². The quantitative estimate of drug-likeness (QED) is 0.772. The van der Waals surface area contributed by atoms with E-state index in [0.717, 1.165) is 12.5 Å². The number of pyridine rings is 1. The minimum atomic E-state index is -0.0317. The number of ether oxygens (including phenoxy) is 1. The average molecular weight is 393 g/mol. The van der Waals surface area contributed by atoms with Gasteiger partial charge in [0, 0.05) is 32.4 Å². The van der Waals surface area contributed by atoms with Crippen molar-refractivity contribution in [1.82, 2.24) is 14.8 Å². The van der Waals surface area contributed by atoms with Gasteiger partial charge in [0.1, 0.15) is 12.4 Å². The Morgan fingerprint density at radius 2 is 1.96 bits per heavy atom. The maximum atomic E-state index is 12.3. The van der Waals surface area contributed by atoms with Crippen molar-refractivity contribution < 1.29 is 9.53 Å². The first-order chi connectivity index (χ1) is 13.2. The highest BCUT2D eigenvalue weighted by molar-refractivity contribution is 6.32. The van der Waals surface area contributed by atoms with Gasteiger partial charge in [-0.3, -0.25) is 4.79 Å². The Morgan fingerprint density at radius 3 is 2.70 bits per heavy atom. The summed E-state index contributed by atoms with van der Waals surface area (Å²) in [5, 5.41) is 3.84. The molecule has 148 valence electrons. The fourth-order valence-corrected chi connectivity index (χ4v) is 4.22. The van der Waals surface area contributed by atoms with Crippen LogP contribution in [0.25, 0.3) is 0 Å². The Kier molecular flexibility index (Phi) is 6.15. The van der Waals surface area contributed by atoms with Gasteiger partial charge in [0.25, 0.3) is 0 Å². The summed E-state index contributed by atoms with van der Waals surface area (Å²) in [7, 11) is 0. The molecule has 1 amide bonds. The molecule has 2 saturated heterocycles. The van der Waals surface area contributed by atoms with Crippen molar-refractivity contribution >= 4 is 23.3 Å². The molecule has 7 heteroatoms. The second-order valence-corrected chi connectivity index (χ2v) is 8.54. The van der Waals surface area contributed by atoms with E-state index in [1.807, 2.05) is 11.0 Å². The lowest BCUT2D eigenvalue weighted by molar-refractivity contribution is -0.149. The third-order valence-corrected chi connectivity index (χ3v) is 6.18. The molecule has 1 N–H and O–H groups in total. The van der Waals surface area contributed by atoms with Crippen LogP contribution in [0.1, 0.15) is 25.7 Å². The van der Waals surface area contributed by atoms with E-state index in [0.29, 0.717) is 29.8 Å². The van der Waals surface area contributed by atoms with Gasteiger partial charge in [0.2, 0.25) is 5.91 Å². The van der Waals surface area contributed by atoms with Crippen molar-refractivity contribution in [1.29, 1.82) is 0 Å². The summed E-state index contributed by atoms with van der Waals surface area (Å²) in [4.78, 5) is 21.1. The van der Waals surface area contributed by atoms with E-state index in [1.165, 1.54) is 45.3 Å². The zero-order chi connectivity index (χ0) is 18.6. The van der Waals surface area contributed by atoms with E-state index >= 15 is 0 Å². The van der Waals surface area contributed by atoms with Crippen LogP contribution in [0.5, 0.6) is 0 Å². The number of hydrogen-bond donors (Lipinski definition) is 1. The molecule has 2 aliphatic heterocycles. The van der Waals surface area contributed by atoms with Crippen molar-refractivity contribution in [3.05, 3.63) is 23.4 Å². The van der Waals surface area contributed by atoms with Crippen molar-refractivity contribution in [3.63, 3.8) is 0 Å². The van der Waals surface area contributed by atoms with Crippen molar-refractivity contribution in [3.8, 4) is 0 Å². The summed E-state index contributed by atoms with van der Waals surface area (Å²) >= 11 is 6.14. The molecule has 0 unspecified atom stereocenters. The van der Waals surface area contributed by atoms with Crippen molar-refractivity contribution in [2.45, 2.75) is 31.8 Å². The van der Waals surface area contributed by atoms with Crippen LogP contribution in [0.15, 0.2) is 18.3 Å². The van der Waals surface area contributed by atoms with Gasteiger partial charge in [0.05, 0.1) is 11.1 Å². The second-order valence-electron chi connectivity index (χ2n) is 8.13. The van der Waals surface area contributed by atoms with Gasteiger partial charge in [0.15, 0.2) is 0 Å². The smallest absolute Gasteiger partial charge is 0.248 e. The largest absolute Gasteiger partial charge is 0.366 e. The molecule has 0 radical (unpaired) electrons. The van der Waals surface area contributed by atoms with Gasteiger partial charge in [-0.2, -0.15) is 0 Å². The average Bonchev–Trinajstić information content (AvgIpc) is 3.49. The first-order valence-electron chi connectivity index (χ1n) is 10.1. The van der Waals surface area contributed by atoms with Gasteiger partial charge in [-0.1, -0.05) is 11.6 Å². The number of piperidine rings is 1. The van der Waals surface area contributed by atoms with Crippen molar-refractivity contribution in [2.24, 2.45) is 11.8 Å². The molecule has 1 saturated carbocycles. The maximum Gasteiger partial charge on any atom is 0.248 e. The summed E-state index contributed by atoms with van der Waals surface area (Å²) in [5.74, 6) is 2.35. The number of amides is 1. The maximum absolute atomic E-state index is 12.3. The van der Waals surface area contributed by atoms with Gasteiger partial charge >= 0.3 is 0 Å². The molecule has 27 heavy (non-hydrogen) atoms. The molecule has 0 bridgehead atoms. The Labute approximate surface area is 166 Å². The number of carbonyl (C=O) groups excluding carboxylic acids is 1. The minimum absolute atomic E-state index is 0.0317. The summed E-state index contributed by atoms with van der Waals surface area (Å²) in [6, 6.07) is 3.62. The second kappa shape index (κ2) is 8.76. The summed E-state index contributed by atoms with van der Waals surface area (Å²) in [5.41, 5.74) is 0. The monoisotopic (exact) mass is 392 g/mol. The van der Waals surface area contributed by atoms with E-state index in [9.17, 15) is 4.79 Å². The first kappa shape index (κ1) is 19.0. The number of carbonyl (C=O) groups is 1. The molecule has 0 spiro atoms. The van der Waals surface area contributed by atoms with E-state index in [4.69, 9.17) is 16.3 Å². The number of rotatable bonds is 7. The fraction of sp³-hybridized carbons (Fsp3) is 0.700. The Morgan fingerprint density at radius 1 is 1.19 bits per heavy atom. The van der Waals surface area contributed by atoms with Crippen LogP contribution in [-0.4, -0.2) is 72.7 Å². The highest BCUT2D eigenvalue weighted by Gasteiger charge is 2.31. The number of nitrogens with zero attached hydrogens (tertiary/aromatic N) is 3. The van der Waals surface area contributed by atoms with Gasteiger partial charge in [-0.05, 0) is 62.7 Å². The van der Waals surface area contributed by atoms with E-state index in [1.54, 1.807) is 12.3 Å². The third-order valence-electron chi connectivity index (χ3n) is 5.87. The normalized spacial score (nSPS) is 25.0. The molecule has 3 aliphatic rings. The molecule has 3 fully saturated rings. The number of hydrogen-bond acceptors (Lipinski definition) is 5. The molecular weight excluding hydrogens is 364 g/mol. The minimum Gasteiger partial charge on any atom is -0.366 e. The predicted octanol–water partition coefficient (Wildman–Crippen LogP) is 2.50. The number of nitrogens with one attached hydrogen (secondary N) is 1. The SMILES string of the molecule is O=C1CO[C@H](CNc2ncccc2Cl)CN1CC1CCN(CC2CC2)CC1. The molecule has 1 atom stereocenters. The zero-order valence-electron chi connectivity index (χ0n) is 15.8.